The van der Waals surface area contributed by atoms with E-state index >= 15 is 0 Å². The van der Waals surface area contributed by atoms with Crippen molar-refractivity contribution in [1.82, 2.24) is 4.98 Å². The third-order valence-electron chi connectivity index (χ3n) is 1.57. The highest BCUT2D eigenvalue weighted by atomic mass is 35.5. The molecule has 13 heavy (non-hydrogen) atoms. The van der Waals surface area contributed by atoms with Gasteiger partial charge in [-0.05, 0) is 24.6 Å². The summed E-state index contributed by atoms with van der Waals surface area (Å²) in [6, 6.07) is 3.73. The smallest absolute Gasteiger partial charge is 0.144 e. The number of alkyl halides is 1. The van der Waals surface area contributed by atoms with Crippen molar-refractivity contribution in [2.24, 2.45) is 0 Å². The molecule has 1 heterocycles. The van der Waals surface area contributed by atoms with Gasteiger partial charge in [-0.3, -0.25) is 4.98 Å². The van der Waals surface area contributed by atoms with Gasteiger partial charge in [0.15, 0.2) is 0 Å². The number of pyridine rings is 1. The first kappa shape index (κ1) is 10.1. The van der Waals surface area contributed by atoms with Crippen LogP contribution in [0.1, 0.15) is 12.1 Å². The standard InChI is InChI=1S/C10H12ClNO/c1-13-10-6-4-8-12-9(10)5-2-3-7-11/h2,4-6,8H,3,7H2,1H3. The number of ether oxygens (including phenoxy) is 1. The van der Waals surface area contributed by atoms with Crippen LogP contribution in [0, 0.1) is 0 Å². The molecule has 1 aromatic rings. The normalized spacial score (nSPS) is 10.6. The molecule has 0 saturated carbocycles. The molecule has 0 aliphatic carbocycles. The molecule has 0 radical (unpaired) electrons. The van der Waals surface area contributed by atoms with Gasteiger partial charge in [0, 0.05) is 12.1 Å². The van der Waals surface area contributed by atoms with Crippen molar-refractivity contribution in [3.63, 3.8) is 0 Å². The summed E-state index contributed by atoms with van der Waals surface area (Å²) in [5.41, 5.74) is 0.843. The number of hydrogen-bond donors (Lipinski definition) is 0. The van der Waals surface area contributed by atoms with Crippen LogP contribution in [0.5, 0.6) is 5.75 Å². The van der Waals surface area contributed by atoms with E-state index < -0.39 is 0 Å². The first-order chi connectivity index (χ1) is 6.38. The van der Waals surface area contributed by atoms with Gasteiger partial charge >= 0.3 is 0 Å². The maximum atomic E-state index is 5.54. The fraction of sp³-hybridized carbons (Fsp3) is 0.300. The second kappa shape index (κ2) is 5.60. The molecule has 0 spiro atoms. The first-order valence-corrected chi connectivity index (χ1v) is 4.63. The Kier molecular flexibility index (Phi) is 4.33. The van der Waals surface area contributed by atoms with Crippen molar-refractivity contribution in [1.29, 1.82) is 0 Å². The van der Waals surface area contributed by atoms with Crippen LogP contribution < -0.4 is 4.74 Å². The van der Waals surface area contributed by atoms with Crippen molar-refractivity contribution in [2.75, 3.05) is 13.0 Å². The zero-order chi connectivity index (χ0) is 9.52. The highest BCUT2D eigenvalue weighted by Gasteiger charge is 1.96. The summed E-state index contributed by atoms with van der Waals surface area (Å²) in [6.07, 6.45) is 6.49. The van der Waals surface area contributed by atoms with Gasteiger partial charge in [0.2, 0.25) is 0 Å². The number of halogens is 1. The van der Waals surface area contributed by atoms with Crippen LogP contribution >= 0.6 is 11.6 Å². The van der Waals surface area contributed by atoms with Gasteiger partial charge in [-0.25, -0.2) is 0 Å². The van der Waals surface area contributed by atoms with Crippen molar-refractivity contribution in [2.45, 2.75) is 6.42 Å². The van der Waals surface area contributed by atoms with Crippen LogP contribution in [0.25, 0.3) is 6.08 Å². The lowest BCUT2D eigenvalue weighted by molar-refractivity contribution is 0.412. The Morgan fingerprint density at radius 3 is 3.15 bits per heavy atom. The lowest BCUT2D eigenvalue weighted by Crippen LogP contribution is -1.88. The largest absolute Gasteiger partial charge is 0.494 e. The second-order valence-electron chi connectivity index (χ2n) is 2.47. The van der Waals surface area contributed by atoms with E-state index in [2.05, 4.69) is 4.98 Å². The van der Waals surface area contributed by atoms with Crippen LogP contribution in [-0.4, -0.2) is 18.0 Å². The highest BCUT2D eigenvalue weighted by molar-refractivity contribution is 6.17. The Labute approximate surface area is 83.2 Å². The van der Waals surface area contributed by atoms with E-state index in [0.29, 0.717) is 5.88 Å². The summed E-state index contributed by atoms with van der Waals surface area (Å²) in [6.45, 7) is 0. The van der Waals surface area contributed by atoms with Crippen LogP contribution in [0.4, 0.5) is 0 Å². The Morgan fingerprint density at radius 2 is 2.46 bits per heavy atom. The highest BCUT2D eigenvalue weighted by Crippen LogP contribution is 2.15. The summed E-state index contributed by atoms with van der Waals surface area (Å²) in [4.78, 5) is 4.17. The third-order valence-corrected chi connectivity index (χ3v) is 1.79. The molecule has 0 unspecified atom stereocenters. The number of aromatic nitrogens is 1. The number of nitrogens with zero attached hydrogens (tertiary/aromatic N) is 1. The Morgan fingerprint density at radius 1 is 1.62 bits per heavy atom. The van der Waals surface area contributed by atoms with E-state index in [1.165, 1.54) is 0 Å². The monoisotopic (exact) mass is 197 g/mol. The SMILES string of the molecule is COc1cccnc1C=CCCCl. The zero-order valence-electron chi connectivity index (χ0n) is 7.53. The van der Waals surface area contributed by atoms with E-state index in [1.807, 2.05) is 24.3 Å². The van der Waals surface area contributed by atoms with Crippen molar-refractivity contribution < 1.29 is 4.74 Å². The Hall–Kier alpha value is -1.02. The minimum atomic E-state index is 0.631. The summed E-state index contributed by atoms with van der Waals surface area (Å²) >= 11 is 5.54. The van der Waals surface area contributed by atoms with Gasteiger partial charge in [0.1, 0.15) is 11.4 Å². The summed E-state index contributed by atoms with van der Waals surface area (Å²) in [5, 5.41) is 0. The lowest BCUT2D eigenvalue weighted by atomic mass is 10.3. The Bertz CT molecular complexity index is 286. The van der Waals surface area contributed by atoms with Crippen molar-refractivity contribution >= 4 is 17.7 Å². The topological polar surface area (TPSA) is 22.1 Å². The first-order valence-electron chi connectivity index (χ1n) is 4.10. The van der Waals surface area contributed by atoms with Gasteiger partial charge in [0.05, 0.1) is 7.11 Å². The van der Waals surface area contributed by atoms with E-state index in [0.717, 1.165) is 17.9 Å². The van der Waals surface area contributed by atoms with Crippen LogP contribution in [0.3, 0.4) is 0 Å². The molecule has 1 rings (SSSR count). The molecule has 70 valence electrons. The molecule has 0 atom stereocenters. The fourth-order valence-corrected chi connectivity index (χ4v) is 1.08. The van der Waals surface area contributed by atoms with Gasteiger partial charge in [-0.15, -0.1) is 11.6 Å². The van der Waals surface area contributed by atoms with Gasteiger partial charge < -0.3 is 4.74 Å². The van der Waals surface area contributed by atoms with Crippen LogP contribution in [0.2, 0.25) is 0 Å². The number of hydrogen-bond acceptors (Lipinski definition) is 2. The van der Waals surface area contributed by atoms with Gasteiger partial charge in [-0.1, -0.05) is 6.08 Å². The van der Waals surface area contributed by atoms with E-state index in [9.17, 15) is 0 Å². The summed E-state index contributed by atoms with van der Waals surface area (Å²) < 4.78 is 5.13. The summed E-state index contributed by atoms with van der Waals surface area (Å²) in [5.74, 6) is 1.42. The Balaban J connectivity index is 2.74. The number of allylic oxidation sites excluding steroid dienone is 1. The molecular formula is C10H12ClNO. The van der Waals surface area contributed by atoms with Gasteiger partial charge in [0.25, 0.3) is 0 Å². The molecule has 0 fully saturated rings. The number of rotatable bonds is 4. The average molecular weight is 198 g/mol. The van der Waals surface area contributed by atoms with E-state index in [-0.39, 0.29) is 0 Å². The molecule has 0 amide bonds. The fourth-order valence-electron chi connectivity index (χ4n) is 0.958. The van der Waals surface area contributed by atoms with Crippen LogP contribution in [-0.2, 0) is 0 Å². The molecule has 0 aliphatic rings. The minimum Gasteiger partial charge on any atom is -0.494 e. The molecule has 0 bridgehead atoms. The average Bonchev–Trinajstić information content (AvgIpc) is 2.19. The van der Waals surface area contributed by atoms with E-state index in [1.54, 1.807) is 13.3 Å². The second-order valence-corrected chi connectivity index (χ2v) is 2.85. The van der Waals surface area contributed by atoms with Crippen LogP contribution in [0.15, 0.2) is 24.4 Å². The minimum absolute atomic E-state index is 0.631. The molecule has 3 heteroatoms. The van der Waals surface area contributed by atoms with Crippen molar-refractivity contribution in [3.05, 3.63) is 30.1 Å². The molecule has 0 N–H and O–H groups in total. The quantitative estimate of drug-likeness (QED) is 0.693. The summed E-state index contributed by atoms with van der Waals surface area (Å²) in [7, 11) is 1.63. The third kappa shape index (κ3) is 3.07. The predicted molar refractivity (Wildman–Crippen MR) is 55.2 cm³/mol. The molecule has 1 aromatic heterocycles. The number of methoxy groups -OCH3 is 1. The predicted octanol–water partition coefficient (Wildman–Crippen LogP) is 2.73. The van der Waals surface area contributed by atoms with E-state index in [4.69, 9.17) is 16.3 Å². The lowest BCUT2D eigenvalue weighted by Gasteiger charge is -2.01. The molecule has 0 saturated heterocycles. The van der Waals surface area contributed by atoms with Gasteiger partial charge in [-0.2, -0.15) is 0 Å². The molecular weight excluding hydrogens is 186 g/mol. The zero-order valence-corrected chi connectivity index (χ0v) is 8.29. The molecule has 0 aliphatic heterocycles. The molecule has 0 aromatic carbocycles. The maximum absolute atomic E-state index is 5.54. The maximum Gasteiger partial charge on any atom is 0.144 e. The molecule has 2 nitrogen and oxygen atoms in total. The van der Waals surface area contributed by atoms with Crippen molar-refractivity contribution in [3.8, 4) is 5.75 Å².